The number of rotatable bonds is 4. The van der Waals surface area contributed by atoms with E-state index in [1.165, 1.54) is 5.56 Å². The van der Waals surface area contributed by atoms with E-state index in [2.05, 4.69) is 32.4 Å². The van der Waals surface area contributed by atoms with E-state index in [-0.39, 0.29) is 5.41 Å². The van der Waals surface area contributed by atoms with Gasteiger partial charge in [-0.1, -0.05) is 42.5 Å². The summed E-state index contributed by atoms with van der Waals surface area (Å²) < 4.78 is 7.03. The Labute approximate surface area is 150 Å². The van der Waals surface area contributed by atoms with Gasteiger partial charge in [-0.25, -0.2) is 4.98 Å². The summed E-state index contributed by atoms with van der Waals surface area (Å²) in [5, 5.41) is 13.3. The molecular weight excluding hydrogens is 326 g/mol. The third kappa shape index (κ3) is 2.26. The molecule has 1 aliphatic rings. The molecule has 0 radical (unpaired) electrons. The molecule has 0 aliphatic heterocycles. The first-order valence-corrected chi connectivity index (χ1v) is 8.59. The van der Waals surface area contributed by atoms with E-state index >= 15 is 0 Å². The van der Waals surface area contributed by atoms with Crippen LogP contribution in [0, 0.1) is 0 Å². The maximum absolute atomic E-state index is 5.26. The molecule has 0 saturated heterocycles. The van der Waals surface area contributed by atoms with Crippen LogP contribution < -0.4 is 4.74 Å². The fourth-order valence-electron chi connectivity index (χ4n) is 3.42. The Balaban J connectivity index is 1.57. The summed E-state index contributed by atoms with van der Waals surface area (Å²) in [6.07, 6.45) is 3.84. The van der Waals surface area contributed by atoms with Gasteiger partial charge in [-0.3, -0.25) is 0 Å². The Hall–Kier alpha value is -3.28. The van der Waals surface area contributed by atoms with Gasteiger partial charge in [-0.05, 0) is 30.5 Å². The van der Waals surface area contributed by atoms with Crippen LogP contribution in [0.15, 0.2) is 60.8 Å². The normalized spacial score (nSPS) is 15.1. The molecule has 1 aliphatic carbocycles. The van der Waals surface area contributed by atoms with Crippen molar-refractivity contribution in [1.29, 1.82) is 0 Å². The second-order valence-corrected chi connectivity index (χ2v) is 6.55. The molecule has 128 valence electrons. The minimum atomic E-state index is -0.130. The average molecular weight is 343 g/mol. The molecule has 0 amide bonds. The van der Waals surface area contributed by atoms with Crippen LogP contribution in [0.3, 0.4) is 0 Å². The monoisotopic (exact) mass is 343 g/mol. The van der Waals surface area contributed by atoms with Crippen LogP contribution >= 0.6 is 0 Å². The molecule has 4 aromatic rings. The lowest BCUT2D eigenvalue weighted by atomic mass is 9.95. The van der Waals surface area contributed by atoms with Crippen molar-refractivity contribution < 1.29 is 4.74 Å². The van der Waals surface area contributed by atoms with Gasteiger partial charge in [0.05, 0.1) is 24.4 Å². The highest BCUT2D eigenvalue weighted by atomic mass is 16.5. The second kappa shape index (κ2) is 5.62. The molecule has 0 spiro atoms. The summed E-state index contributed by atoms with van der Waals surface area (Å²) in [4.78, 5) is 4.64. The average Bonchev–Trinajstić information content (AvgIpc) is 3.41. The third-order valence-corrected chi connectivity index (χ3v) is 5.03. The summed E-state index contributed by atoms with van der Waals surface area (Å²) in [5.41, 5.74) is 2.89. The standard InChI is InChI=1S/C20H17N5O/c1-26-16-9-7-15(8-10-16)20(11-12-20)18-23-24-19-22-17(13-21-25(18)19)14-5-3-2-4-6-14/h2-10,13H,11-12H2,1H3. The minimum absolute atomic E-state index is 0.130. The molecule has 1 fully saturated rings. The molecular formula is C20H17N5O. The first kappa shape index (κ1) is 15.0. The van der Waals surface area contributed by atoms with E-state index in [0.717, 1.165) is 35.7 Å². The summed E-state index contributed by atoms with van der Waals surface area (Å²) in [7, 11) is 1.67. The Morgan fingerprint density at radius 1 is 0.962 bits per heavy atom. The van der Waals surface area contributed by atoms with Crippen LogP contribution in [0.5, 0.6) is 5.75 Å². The Kier molecular flexibility index (Phi) is 3.25. The van der Waals surface area contributed by atoms with Crippen LogP contribution in [0.2, 0.25) is 0 Å². The van der Waals surface area contributed by atoms with Crippen molar-refractivity contribution in [3.05, 3.63) is 72.2 Å². The topological polar surface area (TPSA) is 65.2 Å². The first-order chi connectivity index (χ1) is 12.8. The highest BCUT2D eigenvalue weighted by Crippen LogP contribution is 2.52. The zero-order chi connectivity index (χ0) is 17.6. The van der Waals surface area contributed by atoms with Crippen molar-refractivity contribution in [3.8, 4) is 17.0 Å². The predicted molar refractivity (Wildman–Crippen MR) is 97.0 cm³/mol. The maximum atomic E-state index is 5.26. The number of aromatic nitrogens is 5. The highest BCUT2D eigenvalue weighted by Gasteiger charge is 2.50. The van der Waals surface area contributed by atoms with Crippen LogP contribution in [0.4, 0.5) is 0 Å². The van der Waals surface area contributed by atoms with E-state index in [9.17, 15) is 0 Å². The van der Waals surface area contributed by atoms with Gasteiger partial charge in [-0.2, -0.15) is 9.61 Å². The number of nitrogens with zero attached hydrogens (tertiary/aromatic N) is 5. The number of hydrogen-bond donors (Lipinski definition) is 0. The lowest BCUT2D eigenvalue weighted by Gasteiger charge is -2.13. The van der Waals surface area contributed by atoms with E-state index in [0.29, 0.717) is 5.78 Å². The molecule has 0 unspecified atom stereocenters. The zero-order valence-electron chi connectivity index (χ0n) is 14.3. The number of hydrogen-bond acceptors (Lipinski definition) is 5. The molecule has 0 bridgehead atoms. The van der Waals surface area contributed by atoms with Crippen molar-refractivity contribution in [2.45, 2.75) is 18.3 Å². The third-order valence-electron chi connectivity index (χ3n) is 5.03. The van der Waals surface area contributed by atoms with Crippen molar-refractivity contribution in [1.82, 2.24) is 24.8 Å². The Morgan fingerprint density at radius 3 is 2.42 bits per heavy atom. The Bertz CT molecular complexity index is 1070. The summed E-state index contributed by atoms with van der Waals surface area (Å²) in [6, 6.07) is 18.1. The van der Waals surface area contributed by atoms with E-state index in [1.807, 2.05) is 42.5 Å². The fraction of sp³-hybridized carbons (Fsp3) is 0.200. The molecule has 2 aromatic carbocycles. The van der Waals surface area contributed by atoms with Gasteiger partial charge in [-0.15, -0.1) is 10.2 Å². The lowest BCUT2D eigenvalue weighted by Crippen LogP contribution is -2.15. The van der Waals surface area contributed by atoms with Crippen LogP contribution in [-0.2, 0) is 5.41 Å². The zero-order valence-corrected chi connectivity index (χ0v) is 14.3. The van der Waals surface area contributed by atoms with Crippen LogP contribution in [-0.4, -0.2) is 31.9 Å². The first-order valence-electron chi connectivity index (χ1n) is 8.59. The molecule has 1 saturated carbocycles. The molecule has 2 heterocycles. The molecule has 6 heteroatoms. The van der Waals surface area contributed by atoms with Crippen molar-refractivity contribution in [2.75, 3.05) is 7.11 Å². The summed E-state index contributed by atoms with van der Waals surface area (Å²) >= 11 is 0. The van der Waals surface area contributed by atoms with Gasteiger partial charge < -0.3 is 4.74 Å². The van der Waals surface area contributed by atoms with Gasteiger partial charge in [0.25, 0.3) is 5.78 Å². The van der Waals surface area contributed by atoms with Crippen molar-refractivity contribution in [2.24, 2.45) is 0 Å². The predicted octanol–water partition coefficient (Wildman–Crippen LogP) is 3.27. The van der Waals surface area contributed by atoms with Crippen molar-refractivity contribution in [3.63, 3.8) is 0 Å². The van der Waals surface area contributed by atoms with E-state index in [4.69, 9.17) is 4.74 Å². The number of methoxy groups -OCH3 is 1. The van der Waals surface area contributed by atoms with E-state index < -0.39 is 0 Å². The van der Waals surface area contributed by atoms with Gasteiger partial charge >= 0.3 is 0 Å². The van der Waals surface area contributed by atoms with Crippen LogP contribution in [0.1, 0.15) is 24.2 Å². The Morgan fingerprint density at radius 2 is 1.73 bits per heavy atom. The highest BCUT2D eigenvalue weighted by molar-refractivity contribution is 5.59. The number of benzene rings is 2. The summed E-state index contributed by atoms with van der Waals surface area (Å²) in [5.74, 6) is 2.23. The lowest BCUT2D eigenvalue weighted by molar-refractivity contribution is 0.414. The molecule has 6 nitrogen and oxygen atoms in total. The van der Waals surface area contributed by atoms with Gasteiger partial charge in [0.15, 0.2) is 5.82 Å². The summed E-state index contributed by atoms with van der Waals surface area (Å²) in [6.45, 7) is 0. The van der Waals surface area contributed by atoms with Crippen molar-refractivity contribution >= 4 is 5.78 Å². The van der Waals surface area contributed by atoms with Gasteiger partial charge in [0, 0.05) is 5.56 Å². The largest absolute Gasteiger partial charge is 0.497 e. The number of ether oxygens (including phenoxy) is 1. The maximum Gasteiger partial charge on any atom is 0.272 e. The molecule has 2 aromatic heterocycles. The number of fused-ring (bicyclic) bond motifs is 1. The van der Waals surface area contributed by atoms with Gasteiger partial charge in [0.2, 0.25) is 0 Å². The van der Waals surface area contributed by atoms with Crippen LogP contribution in [0.25, 0.3) is 17.0 Å². The second-order valence-electron chi connectivity index (χ2n) is 6.55. The quantitative estimate of drug-likeness (QED) is 0.569. The molecule has 0 N–H and O–H groups in total. The fourth-order valence-corrected chi connectivity index (χ4v) is 3.42. The van der Waals surface area contributed by atoms with E-state index in [1.54, 1.807) is 17.8 Å². The SMILES string of the molecule is COc1ccc(C2(c3nnc4nc(-c5ccccc5)cnn34)CC2)cc1. The van der Waals surface area contributed by atoms with Gasteiger partial charge in [0.1, 0.15) is 5.75 Å². The smallest absolute Gasteiger partial charge is 0.272 e. The molecule has 5 rings (SSSR count). The molecule has 0 atom stereocenters. The molecule has 26 heavy (non-hydrogen) atoms. The minimum Gasteiger partial charge on any atom is -0.497 e.